The molecule has 1 unspecified atom stereocenters. The first kappa shape index (κ1) is 36.3. The quantitative estimate of drug-likeness (QED) is 0.0395. The number of anilines is 1. The van der Waals surface area contributed by atoms with Crippen molar-refractivity contribution >= 4 is 51.9 Å². The zero-order valence-corrected chi connectivity index (χ0v) is 30.3. The molecule has 1 aliphatic carbocycles. The lowest BCUT2D eigenvalue weighted by molar-refractivity contribution is 0.171. The summed E-state index contributed by atoms with van der Waals surface area (Å²) < 4.78 is 54.9. The molecular weight excluding hydrogens is 661 g/mol. The fraction of sp³-hybridized carbons (Fsp3) is 0.361. The van der Waals surface area contributed by atoms with E-state index in [9.17, 15) is 13.0 Å². The lowest BCUT2D eigenvalue weighted by atomic mass is 10.0. The second-order valence-corrected chi connectivity index (χ2v) is 14.9. The van der Waals surface area contributed by atoms with Crippen molar-refractivity contribution in [3.05, 3.63) is 77.7 Å². The molecule has 1 heterocycles. The smallest absolute Gasteiger partial charge is 0.294 e. The van der Waals surface area contributed by atoms with E-state index in [-0.39, 0.29) is 23.4 Å². The summed E-state index contributed by atoms with van der Waals surface area (Å²) in [6.07, 6.45) is 0.286. The molecule has 0 aromatic heterocycles. The topological polar surface area (TPSA) is 141 Å². The summed E-state index contributed by atoms with van der Waals surface area (Å²) in [6.45, 7) is 14.9. The van der Waals surface area contributed by atoms with Crippen LogP contribution in [0.5, 0.6) is 0 Å². The number of nitrogens with zero attached hydrogens (tertiary/aromatic N) is 5. The first-order valence-corrected chi connectivity index (χ1v) is 18.9. The van der Waals surface area contributed by atoms with Gasteiger partial charge in [-0.05, 0) is 83.5 Å². The van der Waals surface area contributed by atoms with E-state index in [1.54, 1.807) is 12.1 Å². The molecule has 3 aromatic carbocycles. The van der Waals surface area contributed by atoms with Crippen LogP contribution in [0.25, 0.3) is 33.3 Å². The molecule has 5 rings (SSSR count). The SMILES string of the molecule is CCN(CC)c1ccc2nc3c4ccc(S(=O)(=O)O)cc4/c(=N\c4ccc(COP(OCCC#N)N(C(C)C)C(C)C)cc4)cc-3oc2c1. The maximum Gasteiger partial charge on any atom is 0.294 e. The molecule has 0 radical (unpaired) electrons. The summed E-state index contributed by atoms with van der Waals surface area (Å²) in [4.78, 5) is 11.8. The largest absolute Gasteiger partial charge is 0.453 e. The summed E-state index contributed by atoms with van der Waals surface area (Å²) in [5, 5.41) is 10.6. The number of rotatable bonds is 14. The Kier molecular flexibility index (Phi) is 11.7. The average molecular weight is 704 g/mol. The van der Waals surface area contributed by atoms with Crippen LogP contribution in [0.3, 0.4) is 0 Å². The third kappa shape index (κ3) is 8.44. The Hall–Kier alpha value is -3.95. The Morgan fingerprint density at radius 2 is 1.67 bits per heavy atom. The van der Waals surface area contributed by atoms with Gasteiger partial charge in [-0.25, -0.2) is 14.6 Å². The molecule has 13 heteroatoms. The molecule has 0 amide bonds. The highest BCUT2D eigenvalue weighted by atomic mass is 32.2. The minimum Gasteiger partial charge on any atom is -0.453 e. The van der Waals surface area contributed by atoms with Gasteiger partial charge in [0.05, 0.1) is 41.6 Å². The number of benzene rings is 4. The molecule has 0 fully saturated rings. The van der Waals surface area contributed by atoms with Gasteiger partial charge in [0.15, 0.2) is 11.3 Å². The van der Waals surface area contributed by atoms with E-state index in [4.69, 9.17) is 28.7 Å². The minimum absolute atomic E-state index is 0.192. The van der Waals surface area contributed by atoms with Crippen molar-refractivity contribution in [2.45, 2.75) is 71.5 Å². The van der Waals surface area contributed by atoms with Crippen LogP contribution >= 0.6 is 8.53 Å². The van der Waals surface area contributed by atoms with Crippen molar-refractivity contribution in [1.82, 2.24) is 9.65 Å². The van der Waals surface area contributed by atoms with Crippen LogP contribution in [-0.4, -0.2) is 54.4 Å². The molecule has 3 aromatic rings. The van der Waals surface area contributed by atoms with Crippen molar-refractivity contribution in [2.75, 3.05) is 24.6 Å². The van der Waals surface area contributed by atoms with Gasteiger partial charge in [0.1, 0.15) is 11.2 Å². The molecule has 1 N–H and O–H groups in total. The van der Waals surface area contributed by atoms with Gasteiger partial charge in [-0.3, -0.25) is 4.55 Å². The lowest BCUT2D eigenvalue weighted by Crippen LogP contribution is -2.33. The zero-order chi connectivity index (χ0) is 35.3. The predicted octanol–water partition coefficient (Wildman–Crippen LogP) is 8.20. The van der Waals surface area contributed by atoms with Gasteiger partial charge in [-0.15, -0.1) is 0 Å². The number of fused-ring (bicyclic) bond motifs is 4. The normalized spacial score (nSPS) is 13.3. The average Bonchev–Trinajstić information content (AvgIpc) is 3.06. The van der Waals surface area contributed by atoms with E-state index in [0.717, 1.165) is 24.3 Å². The summed E-state index contributed by atoms with van der Waals surface area (Å²) in [5.41, 5.74) is 4.39. The fourth-order valence-electron chi connectivity index (χ4n) is 5.74. The van der Waals surface area contributed by atoms with Gasteiger partial charge in [0.2, 0.25) is 0 Å². The molecule has 2 aliphatic rings. The number of aromatic nitrogens is 1. The van der Waals surface area contributed by atoms with Crippen LogP contribution in [0.1, 0.15) is 53.5 Å². The summed E-state index contributed by atoms with van der Waals surface area (Å²) in [7, 11) is -5.85. The standard InChI is InChI=1S/C36H42N5O6PS/c1-7-40(8-2)28-14-17-32-34(20-28)47-35-22-33(31-21-29(49(42,43)44)15-16-30(31)36(35)39-32)38-27-12-10-26(11-13-27)23-46-48(45-19-9-18-37)41(24(3)4)25(5)6/h10-17,20-22,24-25H,7-9,19,23H2,1-6H3,(H,42,43,44)/b38-33-. The highest BCUT2D eigenvalue weighted by Gasteiger charge is 2.27. The molecule has 49 heavy (non-hydrogen) atoms. The highest BCUT2D eigenvalue weighted by Crippen LogP contribution is 2.46. The molecule has 1 atom stereocenters. The van der Waals surface area contributed by atoms with Crippen molar-refractivity contribution in [2.24, 2.45) is 4.99 Å². The Labute approximate surface area is 288 Å². The van der Waals surface area contributed by atoms with Gasteiger partial charge in [-0.1, -0.05) is 18.2 Å². The third-order valence-electron chi connectivity index (χ3n) is 8.04. The Bertz CT molecular complexity index is 2100. The van der Waals surface area contributed by atoms with Crippen molar-refractivity contribution < 1.29 is 26.4 Å². The monoisotopic (exact) mass is 703 g/mol. The Balaban J connectivity index is 1.54. The summed E-state index contributed by atoms with van der Waals surface area (Å²) in [5.74, 6) is 0.490. The maximum atomic E-state index is 12.1. The van der Waals surface area contributed by atoms with Crippen LogP contribution < -0.4 is 10.3 Å². The van der Waals surface area contributed by atoms with Crippen LogP contribution in [0.15, 0.2) is 81.0 Å². The Morgan fingerprint density at radius 1 is 0.959 bits per heavy atom. The first-order valence-electron chi connectivity index (χ1n) is 16.3. The van der Waals surface area contributed by atoms with Gasteiger partial charge in [0, 0.05) is 53.8 Å². The summed E-state index contributed by atoms with van der Waals surface area (Å²) >= 11 is 0. The second kappa shape index (κ2) is 15.7. The number of hydrogen-bond donors (Lipinski definition) is 1. The van der Waals surface area contributed by atoms with Gasteiger partial charge < -0.3 is 18.4 Å². The van der Waals surface area contributed by atoms with E-state index in [0.29, 0.717) is 57.6 Å². The van der Waals surface area contributed by atoms with Gasteiger partial charge in [-0.2, -0.15) is 13.7 Å². The number of hydrogen-bond acceptors (Lipinski definition) is 10. The van der Waals surface area contributed by atoms with E-state index in [2.05, 4.69) is 57.2 Å². The second-order valence-electron chi connectivity index (χ2n) is 12.1. The molecule has 1 aliphatic heterocycles. The zero-order valence-electron chi connectivity index (χ0n) is 28.6. The molecular formula is C36H42N5O6PS. The third-order valence-corrected chi connectivity index (χ3v) is 10.9. The van der Waals surface area contributed by atoms with Gasteiger partial charge >= 0.3 is 0 Å². The fourth-order valence-corrected chi connectivity index (χ4v) is 7.85. The molecule has 0 saturated carbocycles. The summed E-state index contributed by atoms with van der Waals surface area (Å²) in [6, 6.07) is 22.1. The van der Waals surface area contributed by atoms with E-state index in [1.807, 2.05) is 42.5 Å². The van der Waals surface area contributed by atoms with Crippen LogP contribution in [-0.2, 0) is 25.8 Å². The number of nitriles is 1. The first-order chi connectivity index (χ1) is 23.4. The van der Waals surface area contributed by atoms with Gasteiger partial charge in [0.25, 0.3) is 18.6 Å². The lowest BCUT2D eigenvalue weighted by Gasteiger charge is -2.35. The molecule has 0 spiro atoms. The van der Waals surface area contributed by atoms with Crippen LogP contribution in [0.2, 0.25) is 0 Å². The van der Waals surface area contributed by atoms with Crippen LogP contribution in [0.4, 0.5) is 11.4 Å². The van der Waals surface area contributed by atoms with E-state index >= 15 is 0 Å². The molecule has 258 valence electrons. The maximum absolute atomic E-state index is 12.1. The van der Waals surface area contributed by atoms with E-state index in [1.165, 1.54) is 12.1 Å². The molecule has 11 nitrogen and oxygen atoms in total. The minimum atomic E-state index is -4.47. The molecule has 0 saturated heterocycles. The van der Waals surface area contributed by atoms with Crippen molar-refractivity contribution in [3.63, 3.8) is 0 Å². The van der Waals surface area contributed by atoms with Crippen molar-refractivity contribution in [1.29, 1.82) is 5.26 Å². The Morgan fingerprint density at radius 3 is 2.31 bits per heavy atom. The van der Waals surface area contributed by atoms with Crippen molar-refractivity contribution in [3.8, 4) is 17.5 Å². The molecule has 0 bridgehead atoms. The predicted molar refractivity (Wildman–Crippen MR) is 193 cm³/mol. The van der Waals surface area contributed by atoms with Crippen LogP contribution in [0, 0.1) is 11.3 Å². The highest BCUT2D eigenvalue weighted by molar-refractivity contribution is 7.85. The van der Waals surface area contributed by atoms with E-state index < -0.39 is 18.6 Å².